The standard InChI is InChI=1S/C25H25N7O2S/c1-15(25(33)31(3)4)34-22-7-5-6-20-23(22)24(28-14-27-20)30-18-8-9-21-17(10-18)11-29-32(21)13-19-12-26-16(2)35-19/h5-12,14-15H,13H2,1-4H3,(H,27,28,30)/t15-/m1/s1. The van der Waals surface area contributed by atoms with E-state index in [4.69, 9.17) is 4.74 Å². The van der Waals surface area contributed by atoms with Crippen LogP contribution in [-0.4, -0.2) is 55.7 Å². The highest BCUT2D eigenvalue weighted by Gasteiger charge is 2.19. The normalized spacial score (nSPS) is 12.1. The predicted octanol–water partition coefficient (Wildman–Crippen LogP) is 4.39. The molecule has 5 aromatic rings. The summed E-state index contributed by atoms with van der Waals surface area (Å²) in [4.78, 5) is 28.2. The van der Waals surface area contributed by atoms with Crippen LogP contribution in [0, 0.1) is 6.92 Å². The zero-order chi connectivity index (χ0) is 24.5. The Kier molecular flexibility index (Phi) is 6.04. The molecule has 0 fully saturated rings. The molecule has 35 heavy (non-hydrogen) atoms. The van der Waals surface area contributed by atoms with Crippen LogP contribution in [-0.2, 0) is 11.3 Å². The lowest BCUT2D eigenvalue weighted by atomic mass is 10.2. The molecule has 0 saturated heterocycles. The molecule has 5 rings (SSSR count). The number of thiazole rings is 1. The topological polar surface area (TPSA) is 98.1 Å². The van der Waals surface area contributed by atoms with Crippen molar-refractivity contribution in [3.8, 4) is 5.75 Å². The fourth-order valence-electron chi connectivity index (χ4n) is 3.93. The summed E-state index contributed by atoms with van der Waals surface area (Å²) in [6.45, 7) is 4.42. The molecule has 0 spiro atoms. The van der Waals surface area contributed by atoms with E-state index in [2.05, 4.69) is 25.4 Å². The second-order valence-electron chi connectivity index (χ2n) is 8.41. The number of aryl methyl sites for hydroxylation is 1. The van der Waals surface area contributed by atoms with Crippen molar-refractivity contribution in [3.05, 3.63) is 65.0 Å². The number of nitrogens with one attached hydrogen (secondary N) is 1. The van der Waals surface area contributed by atoms with E-state index in [1.54, 1.807) is 32.4 Å². The van der Waals surface area contributed by atoms with Gasteiger partial charge in [0.25, 0.3) is 5.91 Å². The van der Waals surface area contributed by atoms with Crippen molar-refractivity contribution >= 4 is 50.6 Å². The van der Waals surface area contributed by atoms with E-state index >= 15 is 0 Å². The lowest BCUT2D eigenvalue weighted by molar-refractivity contribution is -0.135. The molecule has 178 valence electrons. The number of likely N-dealkylation sites (N-methyl/N-ethyl adjacent to an activating group) is 1. The maximum Gasteiger partial charge on any atom is 0.262 e. The van der Waals surface area contributed by atoms with Crippen molar-refractivity contribution in [1.82, 2.24) is 29.6 Å². The lowest BCUT2D eigenvalue weighted by Crippen LogP contribution is -2.35. The molecule has 0 aliphatic rings. The molecule has 0 unspecified atom stereocenters. The van der Waals surface area contributed by atoms with Crippen molar-refractivity contribution in [2.75, 3.05) is 19.4 Å². The number of carbonyl (C=O) groups is 1. The maximum atomic E-state index is 12.3. The zero-order valence-corrected chi connectivity index (χ0v) is 20.7. The van der Waals surface area contributed by atoms with E-state index < -0.39 is 6.10 Å². The second-order valence-corrected chi connectivity index (χ2v) is 9.73. The minimum atomic E-state index is -0.645. The maximum absolute atomic E-state index is 12.3. The average molecular weight is 488 g/mol. The number of amides is 1. The number of hydrogen-bond donors (Lipinski definition) is 1. The van der Waals surface area contributed by atoms with Crippen molar-refractivity contribution < 1.29 is 9.53 Å². The summed E-state index contributed by atoms with van der Waals surface area (Å²) < 4.78 is 8.01. The summed E-state index contributed by atoms with van der Waals surface area (Å²) in [5.41, 5.74) is 2.62. The fourth-order valence-corrected chi connectivity index (χ4v) is 4.71. The van der Waals surface area contributed by atoms with Gasteiger partial charge in [-0.05, 0) is 44.2 Å². The molecule has 1 N–H and O–H groups in total. The molecule has 0 aliphatic carbocycles. The molecule has 10 heteroatoms. The highest BCUT2D eigenvalue weighted by molar-refractivity contribution is 7.11. The van der Waals surface area contributed by atoms with E-state index in [-0.39, 0.29) is 5.91 Å². The Balaban J connectivity index is 1.45. The summed E-state index contributed by atoms with van der Waals surface area (Å²) in [6.07, 6.45) is 4.62. The van der Waals surface area contributed by atoms with Gasteiger partial charge in [-0.3, -0.25) is 9.48 Å². The first-order valence-corrected chi connectivity index (χ1v) is 12.0. The molecule has 3 heterocycles. The first kappa shape index (κ1) is 22.7. The number of aromatic nitrogens is 5. The van der Waals surface area contributed by atoms with Gasteiger partial charge in [0.05, 0.1) is 34.2 Å². The van der Waals surface area contributed by atoms with Gasteiger partial charge in [-0.25, -0.2) is 15.0 Å². The Hall–Kier alpha value is -4.05. The summed E-state index contributed by atoms with van der Waals surface area (Å²) in [6, 6.07) is 11.6. The molecule has 2 aromatic carbocycles. The Bertz CT molecular complexity index is 1520. The Morgan fingerprint density at radius 3 is 2.80 bits per heavy atom. The van der Waals surface area contributed by atoms with Gasteiger partial charge in [-0.2, -0.15) is 5.10 Å². The van der Waals surface area contributed by atoms with E-state index in [1.165, 1.54) is 11.2 Å². The molecule has 1 atom stereocenters. The minimum absolute atomic E-state index is 0.121. The number of anilines is 2. The summed E-state index contributed by atoms with van der Waals surface area (Å²) in [5.74, 6) is 1.02. The zero-order valence-electron chi connectivity index (χ0n) is 19.9. The largest absolute Gasteiger partial charge is 0.480 e. The predicted molar refractivity (Wildman–Crippen MR) is 137 cm³/mol. The molecule has 0 aliphatic heterocycles. The van der Waals surface area contributed by atoms with Gasteiger partial charge in [-0.1, -0.05) is 6.07 Å². The lowest BCUT2D eigenvalue weighted by Gasteiger charge is -2.20. The smallest absolute Gasteiger partial charge is 0.262 e. The number of carbonyl (C=O) groups excluding carboxylic acids is 1. The SMILES string of the molecule is Cc1ncc(Cn2ncc3cc(Nc4ncnc5cccc(O[C@H](C)C(=O)N(C)C)c45)ccc32)s1. The van der Waals surface area contributed by atoms with E-state index in [9.17, 15) is 4.79 Å². The first-order valence-electron chi connectivity index (χ1n) is 11.1. The number of ether oxygens (including phenoxy) is 1. The van der Waals surface area contributed by atoms with Crippen molar-refractivity contribution in [2.45, 2.75) is 26.5 Å². The molecule has 0 bridgehead atoms. The van der Waals surface area contributed by atoms with Crippen LogP contribution in [0.25, 0.3) is 21.8 Å². The third-order valence-corrected chi connectivity index (χ3v) is 6.49. The van der Waals surface area contributed by atoms with Gasteiger partial charge in [0, 0.05) is 36.2 Å². The number of nitrogens with zero attached hydrogens (tertiary/aromatic N) is 6. The molecule has 3 aromatic heterocycles. The van der Waals surface area contributed by atoms with E-state index in [0.717, 1.165) is 32.0 Å². The van der Waals surface area contributed by atoms with Crippen LogP contribution in [0.5, 0.6) is 5.75 Å². The summed E-state index contributed by atoms with van der Waals surface area (Å²) in [7, 11) is 3.41. The number of rotatable bonds is 7. The van der Waals surface area contributed by atoms with Crippen LogP contribution in [0.2, 0.25) is 0 Å². The average Bonchev–Trinajstić information content (AvgIpc) is 3.44. The van der Waals surface area contributed by atoms with Crippen LogP contribution in [0.3, 0.4) is 0 Å². The second kappa shape index (κ2) is 9.30. The van der Waals surface area contributed by atoms with E-state index in [1.807, 2.05) is 60.4 Å². The number of benzene rings is 2. The van der Waals surface area contributed by atoms with Crippen LogP contribution in [0.15, 0.2) is 55.1 Å². The van der Waals surface area contributed by atoms with Crippen LogP contribution in [0.1, 0.15) is 16.8 Å². The third-order valence-electron chi connectivity index (χ3n) is 5.60. The van der Waals surface area contributed by atoms with Crippen molar-refractivity contribution in [2.24, 2.45) is 0 Å². The van der Waals surface area contributed by atoms with Crippen molar-refractivity contribution in [1.29, 1.82) is 0 Å². The van der Waals surface area contributed by atoms with Gasteiger partial charge in [0.2, 0.25) is 0 Å². The third kappa shape index (κ3) is 4.65. The summed E-state index contributed by atoms with van der Waals surface area (Å²) in [5, 5.41) is 10.7. The van der Waals surface area contributed by atoms with Crippen molar-refractivity contribution in [3.63, 3.8) is 0 Å². The molecule has 1 amide bonds. The van der Waals surface area contributed by atoms with Crippen LogP contribution in [0.4, 0.5) is 11.5 Å². The minimum Gasteiger partial charge on any atom is -0.480 e. The van der Waals surface area contributed by atoms with Gasteiger partial charge < -0.3 is 15.0 Å². The molecule has 0 radical (unpaired) electrons. The van der Waals surface area contributed by atoms with Crippen LogP contribution < -0.4 is 10.1 Å². The molecular formula is C25H25N7O2S. The number of hydrogen-bond acceptors (Lipinski definition) is 8. The molecule has 9 nitrogen and oxygen atoms in total. The number of fused-ring (bicyclic) bond motifs is 2. The Morgan fingerprint density at radius 1 is 1.17 bits per heavy atom. The van der Waals surface area contributed by atoms with Gasteiger partial charge in [0.15, 0.2) is 6.10 Å². The quantitative estimate of drug-likeness (QED) is 0.363. The van der Waals surface area contributed by atoms with Gasteiger partial charge in [0.1, 0.15) is 17.9 Å². The Labute approximate surface area is 206 Å². The monoisotopic (exact) mass is 487 g/mol. The van der Waals surface area contributed by atoms with Crippen LogP contribution >= 0.6 is 11.3 Å². The Morgan fingerprint density at radius 2 is 2.03 bits per heavy atom. The van der Waals surface area contributed by atoms with Gasteiger partial charge >= 0.3 is 0 Å². The molecular weight excluding hydrogens is 462 g/mol. The fraction of sp³-hybridized carbons (Fsp3) is 0.240. The molecule has 0 saturated carbocycles. The van der Waals surface area contributed by atoms with E-state index in [0.29, 0.717) is 23.5 Å². The first-order chi connectivity index (χ1) is 16.9. The van der Waals surface area contributed by atoms with Gasteiger partial charge in [-0.15, -0.1) is 11.3 Å². The highest BCUT2D eigenvalue weighted by atomic mass is 32.1. The highest BCUT2D eigenvalue weighted by Crippen LogP contribution is 2.33. The summed E-state index contributed by atoms with van der Waals surface area (Å²) >= 11 is 1.68.